The predicted molar refractivity (Wildman–Crippen MR) is 108 cm³/mol. The molecule has 1 aromatic carbocycles. The van der Waals surface area contributed by atoms with Gasteiger partial charge in [0.15, 0.2) is 0 Å². The van der Waals surface area contributed by atoms with Crippen LogP contribution in [0.5, 0.6) is 0 Å². The van der Waals surface area contributed by atoms with E-state index in [1.165, 1.54) is 16.7 Å². The Morgan fingerprint density at radius 1 is 1.23 bits per heavy atom. The second-order valence-corrected chi connectivity index (χ2v) is 8.00. The maximum Gasteiger partial charge on any atom is 0.266 e. The number of nitrogens with one attached hydrogen (secondary N) is 1. The summed E-state index contributed by atoms with van der Waals surface area (Å²) in [5.74, 6) is -0.216. The van der Waals surface area contributed by atoms with Crippen molar-refractivity contribution in [2.24, 2.45) is 0 Å². The van der Waals surface area contributed by atoms with Gasteiger partial charge < -0.3 is 4.90 Å². The lowest BCUT2D eigenvalue weighted by molar-refractivity contribution is -0.127. The van der Waals surface area contributed by atoms with Gasteiger partial charge in [-0.15, -0.1) is 0 Å². The maximum absolute atomic E-state index is 12.6. The number of hydrogen-bond donors (Lipinski definition) is 1. The second kappa shape index (κ2) is 8.77. The summed E-state index contributed by atoms with van der Waals surface area (Å²) in [4.78, 5) is 29.1. The molecule has 0 bridgehead atoms. The van der Waals surface area contributed by atoms with E-state index in [0.717, 1.165) is 31.7 Å². The number of hydrazine groups is 1. The highest BCUT2D eigenvalue weighted by Crippen LogP contribution is 2.32. The number of likely N-dealkylation sites (N-methyl/N-ethyl adjacent to an activating group) is 1. The molecule has 0 aromatic heterocycles. The Kier molecular flexibility index (Phi) is 6.42. The van der Waals surface area contributed by atoms with Crippen LogP contribution in [-0.2, 0) is 9.59 Å². The van der Waals surface area contributed by atoms with Crippen LogP contribution in [0.3, 0.4) is 0 Å². The summed E-state index contributed by atoms with van der Waals surface area (Å²) in [5, 5.41) is 1.93. The molecule has 2 aliphatic rings. The number of rotatable bonds is 5. The van der Waals surface area contributed by atoms with Crippen LogP contribution in [0.2, 0.25) is 0 Å². The number of amides is 2. The van der Waals surface area contributed by atoms with Crippen molar-refractivity contribution < 1.29 is 9.59 Å². The van der Waals surface area contributed by atoms with E-state index in [-0.39, 0.29) is 18.2 Å². The first kappa shape index (κ1) is 19.0. The van der Waals surface area contributed by atoms with Crippen LogP contribution in [0.15, 0.2) is 35.2 Å². The molecule has 1 N–H and O–H groups in total. The van der Waals surface area contributed by atoms with Crippen molar-refractivity contribution in [1.29, 1.82) is 0 Å². The Morgan fingerprint density at radius 2 is 1.92 bits per heavy atom. The number of carbonyl (C=O) groups excluding carboxylic acids is 2. The fraction of sp³-hybridized carbons (Fsp3) is 0.389. The maximum atomic E-state index is 12.6. The SMILES string of the molecule is CN1CCN(NC(=O)CCN2C(=O)C(=Cc3ccccc3)SC2=S)CC1. The molecule has 3 rings (SSSR count). The van der Waals surface area contributed by atoms with Crippen LogP contribution in [0.25, 0.3) is 6.08 Å². The van der Waals surface area contributed by atoms with Gasteiger partial charge in [0.05, 0.1) is 4.91 Å². The number of thioether (sulfide) groups is 1. The molecule has 0 aliphatic carbocycles. The van der Waals surface area contributed by atoms with Crippen LogP contribution in [0.1, 0.15) is 12.0 Å². The molecule has 0 radical (unpaired) electrons. The number of carbonyl (C=O) groups is 2. The number of nitrogens with zero attached hydrogens (tertiary/aromatic N) is 3. The molecule has 1 aromatic rings. The molecule has 2 fully saturated rings. The van der Waals surface area contributed by atoms with Gasteiger partial charge in [0.2, 0.25) is 5.91 Å². The van der Waals surface area contributed by atoms with E-state index >= 15 is 0 Å². The van der Waals surface area contributed by atoms with Crippen molar-refractivity contribution in [3.05, 3.63) is 40.8 Å². The Morgan fingerprint density at radius 3 is 2.62 bits per heavy atom. The highest BCUT2D eigenvalue weighted by Gasteiger charge is 2.32. The van der Waals surface area contributed by atoms with Gasteiger partial charge in [0, 0.05) is 39.1 Å². The van der Waals surface area contributed by atoms with Gasteiger partial charge in [-0.2, -0.15) is 0 Å². The van der Waals surface area contributed by atoms with Gasteiger partial charge in [-0.05, 0) is 18.7 Å². The second-order valence-electron chi connectivity index (χ2n) is 6.32. The zero-order chi connectivity index (χ0) is 18.5. The highest BCUT2D eigenvalue weighted by molar-refractivity contribution is 8.26. The highest BCUT2D eigenvalue weighted by atomic mass is 32.2. The first-order chi connectivity index (χ1) is 12.5. The van der Waals surface area contributed by atoms with Gasteiger partial charge in [0.25, 0.3) is 5.91 Å². The molecular formula is C18H22N4O2S2. The smallest absolute Gasteiger partial charge is 0.266 e. The molecule has 0 saturated carbocycles. The Balaban J connectivity index is 1.52. The third-order valence-corrected chi connectivity index (χ3v) is 5.70. The van der Waals surface area contributed by atoms with Gasteiger partial charge in [-0.1, -0.05) is 54.3 Å². The summed E-state index contributed by atoms with van der Waals surface area (Å²) in [7, 11) is 2.07. The largest absolute Gasteiger partial charge is 0.304 e. The third-order valence-electron chi connectivity index (χ3n) is 4.32. The van der Waals surface area contributed by atoms with Crippen molar-refractivity contribution in [1.82, 2.24) is 20.2 Å². The Hall–Kier alpha value is -1.74. The van der Waals surface area contributed by atoms with E-state index in [2.05, 4.69) is 17.4 Å². The predicted octanol–water partition coefficient (Wildman–Crippen LogP) is 1.56. The first-order valence-electron chi connectivity index (χ1n) is 8.56. The lowest BCUT2D eigenvalue weighted by Gasteiger charge is -2.32. The molecule has 26 heavy (non-hydrogen) atoms. The van der Waals surface area contributed by atoms with E-state index in [1.807, 2.05) is 41.4 Å². The molecule has 8 heteroatoms. The van der Waals surface area contributed by atoms with E-state index in [0.29, 0.717) is 15.8 Å². The third kappa shape index (κ3) is 4.91. The fourth-order valence-electron chi connectivity index (χ4n) is 2.76. The number of benzene rings is 1. The normalized spacial score (nSPS) is 20.8. The summed E-state index contributed by atoms with van der Waals surface area (Å²) in [6, 6.07) is 9.66. The zero-order valence-corrected chi connectivity index (χ0v) is 16.3. The van der Waals surface area contributed by atoms with Crippen LogP contribution in [0, 0.1) is 0 Å². The molecule has 2 heterocycles. The molecule has 0 spiro atoms. The van der Waals surface area contributed by atoms with Crippen molar-refractivity contribution in [2.45, 2.75) is 6.42 Å². The average Bonchev–Trinajstić information content (AvgIpc) is 2.89. The number of hydrogen-bond acceptors (Lipinski definition) is 6. The lowest BCUT2D eigenvalue weighted by atomic mass is 10.2. The number of piperazine rings is 1. The van der Waals surface area contributed by atoms with Crippen LogP contribution < -0.4 is 5.43 Å². The van der Waals surface area contributed by atoms with Crippen molar-refractivity contribution >= 4 is 46.2 Å². The van der Waals surface area contributed by atoms with Gasteiger partial charge in [0.1, 0.15) is 4.32 Å². The van der Waals surface area contributed by atoms with Crippen LogP contribution >= 0.6 is 24.0 Å². The van der Waals surface area contributed by atoms with E-state index in [1.54, 1.807) is 0 Å². The van der Waals surface area contributed by atoms with Crippen molar-refractivity contribution in [3.8, 4) is 0 Å². The summed E-state index contributed by atoms with van der Waals surface area (Å²) >= 11 is 6.60. The van der Waals surface area contributed by atoms with Gasteiger partial charge in [-0.3, -0.25) is 19.9 Å². The standard InChI is InChI=1S/C18H22N4O2S2/c1-20-9-11-21(12-10-20)19-16(23)7-8-22-17(24)15(26-18(22)25)13-14-5-3-2-4-6-14/h2-6,13H,7-12H2,1H3,(H,19,23). The molecule has 0 unspecified atom stereocenters. The van der Waals surface area contributed by atoms with E-state index in [4.69, 9.17) is 12.2 Å². The minimum absolute atomic E-state index is 0.0874. The minimum atomic E-state index is -0.128. The topological polar surface area (TPSA) is 55.9 Å². The molecule has 2 amide bonds. The molecule has 2 saturated heterocycles. The minimum Gasteiger partial charge on any atom is -0.304 e. The fourth-order valence-corrected chi connectivity index (χ4v) is 4.07. The van der Waals surface area contributed by atoms with Crippen molar-refractivity contribution in [2.75, 3.05) is 39.8 Å². The summed E-state index contributed by atoms with van der Waals surface area (Å²) in [5.41, 5.74) is 3.87. The first-order valence-corrected chi connectivity index (χ1v) is 9.79. The molecule has 0 atom stereocenters. The molecule has 138 valence electrons. The Labute approximate surface area is 163 Å². The molecular weight excluding hydrogens is 368 g/mol. The summed E-state index contributed by atoms with van der Waals surface area (Å²) < 4.78 is 0.504. The van der Waals surface area contributed by atoms with Crippen LogP contribution in [0.4, 0.5) is 0 Å². The quantitative estimate of drug-likeness (QED) is 0.608. The van der Waals surface area contributed by atoms with E-state index < -0.39 is 0 Å². The lowest BCUT2D eigenvalue weighted by Crippen LogP contribution is -2.52. The molecule has 6 nitrogen and oxygen atoms in total. The van der Waals surface area contributed by atoms with E-state index in [9.17, 15) is 9.59 Å². The summed E-state index contributed by atoms with van der Waals surface area (Å²) in [6.07, 6.45) is 2.07. The van der Waals surface area contributed by atoms with Gasteiger partial charge in [-0.25, -0.2) is 5.01 Å². The van der Waals surface area contributed by atoms with Crippen molar-refractivity contribution in [3.63, 3.8) is 0 Å². The zero-order valence-electron chi connectivity index (χ0n) is 14.7. The monoisotopic (exact) mass is 390 g/mol. The Bertz CT molecular complexity index is 715. The number of thiocarbonyl (C=S) groups is 1. The molecule has 2 aliphatic heterocycles. The summed E-state index contributed by atoms with van der Waals surface area (Å²) in [6.45, 7) is 3.78. The van der Waals surface area contributed by atoms with Gasteiger partial charge >= 0.3 is 0 Å². The van der Waals surface area contributed by atoms with Crippen LogP contribution in [-0.4, -0.2) is 70.7 Å². The average molecular weight is 391 g/mol.